The number of fused-ring (bicyclic) bond motifs is 1. The molecule has 0 bridgehead atoms. The molecule has 4 heterocycles. The van der Waals surface area contributed by atoms with Crippen LogP contribution in [0.25, 0.3) is 23.2 Å². The molecule has 2 aliphatic rings. The minimum atomic E-state index is -0.178. The smallest absolute Gasteiger partial charge is 0.273 e. The number of nitrogens with zero attached hydrogens (tertiary/aromatic N) is 5. The molecule has 1 amide bonds. The first-order valence-electron chi connectivity index (χ1n) is 11.6. The van der Waals surface area contributed by atoms with Gasteiger partial charge in [0.15, 0.2) is 17.3 Å². The van der Waals surface area contributed by atoms with E-state index >= 15 is 0 Å². The summed E-state index contributed by atoms with van der Waals surface area (Å²) in [6, 6.07) is 18.9. The van der Waals surface area contributed by atoms with Crippen molar-refractivity contribution >= 4 is 17.7 Å². The minimum Gasteiger partial charge on any atom is -0.486 e. The van der Waals surface area contributed by atoms with Crippen molar-refractivity contribution in [2.24, 2.45) is 0 Å². The van der Waals surface area contributed by atoms with Crippen molar-refractivity contribution in [3.05, 3.63) is 78.3 Å². The summed E-state index contributed by atoms with van der Waals surface area (Å²) in [6.07, 6.45) is 4.99. The van der Waals surface area contributed by atoms with E-state index in [0.717, 1.165) is 29.7 Å². The number of rotatable bonds is 5. The Hall–Kier alpha value is -4.40. The lowest BCUT2D eigenvalue weighted by Gasteiger charge is -2.27. The van der Waals surface area contributed by atoms with Crippen LogP contribution in [0.1, 0.15) is 30.2 Å². The molecule has 9 heteroatoms. The Kier molecular flexibility index (Phi) is 5.50. The first-order chi connectivity index (χ1) is 17.3. The third-order valence-corrected chi connectivity index (χ3v) is 6.24. The Morgan fingerprint density at radius 1 is 1.00 bits per heavy atom. The van der Waals surface area contributed by atoms with E-state index in [-0.39, 0.29) is 11.9 Å². The van der Waals surface area contributed by atoms with Crippen molar-refractivity contribution in [2.45, 2.75) is 18.9 Å². The largest absolute Gasteiger partial charge is 0.486 e. The summed E-state index contributed by atoms with van der Waals surface area (Å²) in [4.78, 5) is 15.9. The third kappa shape index (κ3) is 4.05. The third-order valence-electron chi connectivity index (χ3n) is 6.24. The van der Waals surface area contributed by atoms with Crippen molar-refractivity contribution in [1.82, 2.24) is 25.1 Å². The van der Waals surface area contributed by atoms with E-state index in [1.165, 1.54) is 4.68 Å². The molecule has 2 aromatic heterocycles. The van der Waals surface area contributed by atoms with Gasteiger partial charge in [0.25, 0.3) is 5.91 Å². The number of benzene rings is 2. The molecule has 1 fully saturated rings. The molecule has 0 spiro atoms. The Bertz CT molecular complexity index is 1360. The molecule has 2 aromatic carbocycles. The van der Waals surface area contributed by atoms with E-state index < -0.39 is 0 Å². The van der Waals surface area contributed by atoms with Crippen molar-refractivity contribution in [2.75, 3.05) is 19.8 Å². The summed E-state index contributed by atoms with van der Waals surface area (Å²) in [7, 11) is 0. The Labute approximate surface area is 201 Å². The Morgan fingerprint density at radius 3 is 2.69 bits per heavy atom. The number of amides is 1. The number of carbonyl (C=O) groups excluding carboxylic acids is 1. The monoisotopic (exact) mass is 469 g/mol. The van der Waals surface area contributed by atoms with Gasteiger partial charge in [-0.25, -0.2) is 0 Å². The molecule has 35 heavy (non-hydrogen) atoms. The Morgan fingerprint density at radius 2 is 1.86 bits per heavy atom. The quantitative estimate of drug-likeness (QED) is 0.407. The molecule has 4 aromatic rings. The summed E-state index contributed by atoms with van der Waals surface area (Å²) in [5.74, 6) is 2.29. The van der Waals surface area contributed by atoms with Crippen LogP contribution in [0.2, 0.25) is 0 Å². The number of hydrogen-bond donors (Lipinski definition) is 0. The molecule has 6 rings (SSSR count). The average Bonchev–Trinajstić information content (AvgIpc) is 3.69. The van der Waals surface area contributed by atoms with E-state index in [0.29, 0.717) is 42.8 Å². The van der Waals surface area contributed by atoms with Crippen molar-refractivity contribution < 1.29 is 18.7 Å². The van der Waals surface area contributed by atoms with Gasteiger partial charge in [-0.15, -0.1) is 5.10 Å². The summed E-state index contributed by atoms with van der Waals surface area (Å²) >= 11 is 0. The van der Waals surface area contributed by atoms with Gasteiger partial charge in [0.2, 0.25) is 0 Å². The molecule has 0 radical (unpaired) electrons. The van der Waals surface area contributed by atoms with Gasteiger partial charge in [0.1, 0.15) is 24.7 Å². The molecule has 1 unspecified atom stereocenters. The van der Waals surface area contributed by atoms with Crippen LogP contribution < -0.4 is 9.47 Å². The van der Waals surface area contributed by atoms with Crippen molar-refractivity contribution in [1.29, 1.82) is 0 Å². The maximum atomic E-state index is 14.1. The lowest BCUT2D eigenvalue weighted by Crippen LogP contribution is -2.33. The molecule has 176 valence electrons. The zero-order valence-corrected chi connectivity index (χ0v) is 18.9. The fourth-order valence-electron chi connectivity index (χ4n) is 4.61. The highest BCUT2D eigenvalue weighted by atomic mass is 16.6. The van der Waals surface area contributed by atoms with Crippen LogP contribution in [0.4, 0.5) is 0 Å². The molecule has 1 atom stereocenters. The summed E-state index contributed by atoms with van der Waals surface area (Å²) in [6.45, 7) is 1.68. The van der Waals surface area contributed by atoms with E-state index in [9.17, 15) is 4.79 Å². The van der Waals surface area contributed by atoms with Gasteiger partial charge in [-0.3, -0.25) is 4.79 Å². The van der Waals surface area contributed by atoms with Gasteiger partial charge in [-0.2, -0.15) is 4.68 Å². The molecule has 2 aliphatic heterocycles. The van der Waals surface area contributed by atoms with Gasteiger partial charge in [0.05, 0.1) is 12.3 Å². The lowest BCUT2D eigenvalue weighted by molar-refractivity contribution is -0.126. The van der Waals surface area contributed by atoms with Gasteiger partial charge in [-0.1, -0.05) is 36.4 Å². The van der Waals surface area contributed by atoms with Crippen molar-refractivity contribution in [3.8, 4) is 22.9 Å². The summed E-state index contributed by atoms with van der Waals surface area (Å²) in [5, 5.41) is 12.3. The first-order valence-corrected chi connectivity index (χ1v) is 11.6. The number of likely N-dealkylation sites (tertiary alicyclic amines) is 1. The molecular weight excluding hydrogens is 446 g/mol. The van der Waals surface area contributed by atoms with Gasteiger partial charge in [0, 0.05) is 18.2 Å². The first kappa shape index (κ1) is 21.2. The maximum absolute atomic E-state index is 14.1. The number of tetrazole rings is 1. The Balaban J connectivity index is 1.39. The van der Waals surface area contributed by atoms with Crippen LogP contribution in [-0.2, 0) is 4.79 Å². The maximum Gasteiger partial charge on any atom is 0.273 e. The van der Waals surface area contributed by atoms with Crippen LogP contribution in [0.3, 0.4) is 0 Å². The standard InChI is InChI=1S/C26H23N5O4/c32-26(30-12-4-9-21(30)19-10-11-23-24(16-19)35-15-14-34-23)22(17-20-8-5-13-33-20)31-25(27-28-29-31)18-6-2-1-3-7-18/h1-3,5-8,10-11,13,16-17,21H,4,9,12,14-15H2. The van der Waals surface area contributed by atoms with Gasteiger partial charge in [-0.05, 0) is 53.1 Å². The predicted molar refractivity (Wildman–Crippen MR) is 127 cm³/mol. The zero-order valence-electron chi connectivity index (χ0n) is 18.9. The molecular formula is C26H23N5O4. The number of carbonyl (C=O) groups is 1. The lowest BCUT2D eigenvalue weighted by atomic mass is 10.0. The predicted octanol–water partition coefficient (Wildman–Crippen LogP) is 4.07. The van der Waals surface area contributed by atoms with Crippen LogP contribution >= 0.6 is 0 Å². The normalized spacial score (nSPS) is 17.5. The molecule has 0 aliphatic carbocycles. The highest BCUT2D eigenvalue weighted by molar-refractivity contribution is 6.18. The second-order valence-electron chi connectivity index (χ2n) is 8.38. The zero-order chi connectivity index (χ0) is 23.6. The molecule has 9 nitrogen and oxygen atoms in total. The van der Waals surface area contributed by atoms with E-state index in [1.807, 2.05) is 53.4 Å². The fraction of sp³-hybridized carbons (Fsp3) is 0.231. The second kappa shape index (κ2) is 9.09. The number of furan rings is 1. The fourth-order valence-corrected chi connectivity index (χ4v) is 4.61. The van der Waals surface area contributed by atoms with Crippen LogP contribution in [-0.4, -0.2) is 50.8 Å². The number of ether oxygens (including phenoxy) is 2. The van der Waals surface area contributed by atoms with Crippen LogP contribution in [0.15, 0.2) is 71.3 Å². The highest BCUT2D eigenvalue weighted by Gasteiger charge is 2.34. The number of aromatic nitrogens is 4. The van der Waals surface area contributed by atoms with E-state index in [2.05, 4.69) is 15.5 Å². The number of hydrogen-bond acceptors (Lipinski definition) is 7. The average molecular weight is 470 g/mol. The molecule has 0 N–H and O–H groups in total. The second-order valence-corrected chi connectivity index (χ2v) is 8.38. The van der Waals surface area contributed by atoms with Crippen molar-refractivity contribution in [3.63, 3.8) is 0 Å². The molecule has 1 saturated heterocycles. The minimum absolute atomic E-state index is 0.102. The van der Waals surface area contributed by atoms with Crippen LogP contribution in [0, 0.1) is 0 Å². The SMILES string of the molecule is O=C(C(=Cc1ccco1)n1nnnc1-c1ccccc1)N1CCCC1c1ccc2c(c1)OCCO2. The summed E-state index contributed by atoms with van der Waals surface area (Å²) in [5.41, 5.74) is 2.13. The topological polar surface area (TPSA) is 95.5 Å². The van der Waals surface area contributed by atoms with E-state index in [4.69, 9.17) is 13.9 Å². The molecule has 0 saturated carbocycles. The van der Waals surface area contributed by atoms with Gasteiger partial charge < -0.3 is 18.8 Å². The van der Waals surface area contributed by atoms with Gasteiger partial charge >= 0.3 is 0 Å². The van der Waals surface area contributed by atoms with Crippen LogP contribution in [0.5, 0.6) is 11.5 Å². The van der Waals surface area contributed by atoms with E-state index in [1.54, 1.807) is 24.5 Å². The summed E-state index contributed by atoms with van der Waals surface area (Å²) < 4.78 is 18.5. The highest BCUT2D eigenvalue weighted by Crippen LogP contribution is 2.39.